The van der Waals surface area contributed by atoms with Gasteiger partial charge in [-0.05, 0) is 19.8 Å². The van der Waals surface area contributed by atoms with Crippen LogP contribution in [0.3, 0.4) is 0 Å². The largest absolute Gasteiger partial charge is 0.368 e. The summed E-state index contributed by atoms with van der Waals surface area (Å²) in [6, 6.07) is 0. The van der Waals surface area contributed by atoms with Gasteiger partial charge in [-0.2, -0.15) is 0 Å². The van der Waals surface area contributed by atoms with Crippen LogP contribution in [0.2, 0.25) is 0 Å². The SMILES string of the molecule is Cc1nc(CNC(=O)C2CCCO2)cs1. The van der Waals surface area contributed by atoms with Crippen LogP contribution in [0.1, 0.15) is 23.5 Å². The molecule has 1 unspecified atom stereocenters. The highest BCUT2D eigenvalue weighted by Gasteiger charge is 2.23. The zero-order valence-electron chi connectivity index (χ0n) is 8.66. The van der Waals surface area contributed by atoms with E-state index in [1.807, 2.05) is 12.3 Å². The Morgan fingerprint density at radius 2 is 2.67 bits per heavy atom. The van der Waals surface area contributed by atoms with Gasteiger partial charge in [-0.3, -0.25) is 4.79 Å². The lowest BCUT2D eigenvalue weighted by molar-refractivity contribution is -0.130. The van der Waals surface area contributed by atoms with Gasteiger partial charge >= 0.3 is 0 Å². The zero-order valence-corrected chi connectivity index (χ0v) is 9.47. The predicted octanol–water partition coefficient (Wildman–Crippen LogP) is 1.25. The minimum atomic E-state index is -0.246. The van der Waals surface area contributed by atoms with Crippen LogP contribution in [0, 0.1) is 6.92 Å². The lowest BCUT2D eigenvalue weighted by atomic mass is 10.2. The fourth-order valence-corrected chi connectivity index (χ4v) is 2.18. The van der Waals surface area contributed by atoms with Crippen molar-refractivity contribution in [2.24, 2.45) is 0 Å². The monoisotopic (exact) mass is 226 g/mol. The molecule has 2 rings (SSSR count). The van der Waals surface area contributed by atoms with E-state index in [9.17, 15) is 4.79 Å². The molecular weight excluding hydrogens is 212 g/mol. The molecule has 4 nitrogen and oxygen atoms in total. The Hall–Kier alpha value is -0.940. The van der Waals surface area contributed by atoms with Gasteiger partial charge in [0.2, 0.25) is 5.91 Å². The maximum Gasteiger partial charge on any atom is 0.249 e. The number of carbonyl (C=O) groups is 1. The number of ether oxygens (including phenoxy) is 1. The molecular formula is C10H14N2O2S. The van der Waals surface area contributed by atoms with Crippen LogP contribution in [-0.4, -0.2) is 23.6 Å². The molecule has 2 heterocycles. The van der Waals surface area contributed by atoms with Crippen molar-refractivity contribution >= 4 is 17.2 Å². The van der Waals surface area contributed by atoms with E-state index >= 15 is 0 Å². The smallest absolute Gasteiger partial charge is 0.249 e. The Bertz CT molecular complexity index is 345. The first-order valence-electron chi connectivity index (χ1n) is 5.06. The van der Waals surface area contributed by atoms with E-state index in [0.29, 0.717) is 13.2 Å². The van der Waals surface area contributed by atoms with Gasteiger partial charge in [0.25, 0.3) is 0 Å². The molecule has 0 saturated carbocycles. The van der Waals surface area contributed by atoms with E-state index in [1.165, 1.54) is 0 Å². The summed E-state index contributed by atoms with van der Waals surface area (Å²) in [5, 5.41) is 5.82. The fourth-order valence-electron chi connectivity index (χ4n) is 1.57. The third-order valence-electron chi connectivity index (χ3n) is 2.33. The van der Waals surface area contributed by atoms with Crippen molar-refractivity contribution in [3.8, 4) is 0 Å². The van der Waals surface area contributed by atoms with Crippen LogP contribution >= 0.6 is 11.3 Å². The summed E-state index contributed by atoms with van der Waals surface area (Å²) in [5.41, 5.74) is 0.920. The molecule has 1 aromatic rings. The molecule has 1 amide bonds. The van der Waals surface area contributed by atoms with Gasteiger partial charge in [-0.1, -0.05) is 0 Å². The molecule has 1 aromatic heterocycles. The first kappa shape index (κ1) is 10.6. The lowest BCUT2D eigenvalue weighted by Crippen LogP contribution is -2.33. The van der Waals surface area contributed by atoms with Gasteiger partial charge in [0.1, 0.15) is 6.10 Å². The molecule has 0 radical (unpaired) electrons. The number of amides is 1. The Kier molecular flexibility index (Phi) is 3.33. The Morgan fingerprint density at radius 1 is 1.80 bits per heavy atom. The summed E-state index contributed by atoms with van der Waals surface area (Å²) in [7, 11) is 0. The van der Waals surface area contributed by atoms with E-state index in [-0.39, 0.29) is 12.0 Å². The van der Waals surface area contributed by atoms with E-state index < -0.39 is 0 Å². The second-order valence-electron chi connectivity index (χ2n) is 3.58. The molecule has 1 saturated heterocycles. The number of aromatic nitrogens is 1. The Morgan fingerprint density at radius 3 is 3.27 bits per heavy atom. The van der Waals surface area contributed by atoms with E-state index in [2.05, 4.69) is 10.3 Å². The maximum absolute atomic E-state index is 11.6. The third kappa shape index (κ3) is 2.76. The van der Waals surface area contributed by atoms with Gasteiger partial charge in [-0.15, -0.1) is 11.3 Å². The number of hydrogen-bond donors (Lipinski definition) is 1. The van der Waals surface area contributed by atoms with Crippen molar-refractivity contribution in [3.05, 3.63) is 16.1 Å². The van der Waals surface area contributed by atoms with Crippen LogP contribution in [0.15, 0.2) is 5.38 Å². The molecule has 1 atom stereocenters. The summed E-state index contributed by atoms with van der Waals surface area (Å²) < 4.78 is 5.28. The van der Waals surface area contributed by atoms with Crippen LogP contribution in [-0.2, 0) is 16.1 Å². The summed E-state index contributed by atoms with van der Waals surface area (Å²) in [4.78, 5) is 15.8. The molecule has 0 bridgehead atoms. The van der Waals surface area contributed by atoms with Gasteiger partial charge in [0.05, 0.1) is 17.2 Å². The average molecular weight is 226 g/mol. The summed E-state index contributed by atoms with van der Waals surface area (Å²) >= 11 is 1.59. The van der Waals surface area contributed by atoms with Crippen molar-refractivity contribution in [1.29, 1.82) is 0 Å². The highest BCUT2D eigenvalue weighted by atomic mass is 32.1. The molecule has 0 aromatic carbocycles. The topological polar surface area (TPSA) is 51.2 Å². The first-order chi connectivity index (χ1) is 7.25. The second-order valence-corrected chi connectivity index (χ2v) is 4.64. The van der Waals surface area contributed by atoms with Crippen molar-refractivity contribution in [2.45, 2.75) is 32.4 Å². The summed E-state index contributed by atoms with van der Waals surface area (Å²) in [6.07, 6.45) is 1.57. The first-order valence-corrected chi connectivity index (χ1v) is 5.94. The molecule has 82 valence electrons. The highest BCUT2D eigenvalue weighted by Crippen LogP contribution is 2.12. The van der Waals surface area contributed by atoms with Gasteiger partial charge in [0.15, 0.2) is 0 Å². The van der Waals surface area contributed by atoms with E-state index in [0.717, 1.165) is 23.5 Å². The number of nitrogens with zero attached hydrogens (tertiary/aromatic N) is 1. The quantitative estimate of drug-likeness (QED) is 0.843. The second kappa shape index (κ2) is 4.72. The molecule has 1 aliphatic heterocycles. The van der Waals surface area contributed by atoms with Crippen molar-refractivity contribution < 1.29 is 9.53 Å². The van der Waals surface area contributed by atoms with Crippen molar-refractivity contribution in [3.63, 3.8) is 0 Å². The third-order valence-corrected chi connectivity index (χ3v) is 3.15. The predicted molar refractivity (Wildman–Crippen MR) is 57.7 cm³/mol. The van der Waals surface area contributed by atoms with Crippen LogP contribution in [0.25, 0.3) is 0 Å². The number of thiazole rings is 1. The molecule has 1 N–H and O–H groups in total. The summed E-state index contributed by atoms with van der Waals surface area (Å²) in [5.74, 6) is -0.0156. The number of hydrogen-bond acceptors (Lipinski definition) is 4. The van der Waals surface area contributed by atoms with Gasteiger partial charge in [0, 0.05) is 12.0 Å². The lowest BCUT2D eigenvalue weighted by Gasteiger charge is -2.08. The van der Waals surface area contributed by atoms with Crippen LogP contribution in [0.5, 0.6) is 0 Å². The minimum Gasteiger partial charge on any atom is -0.368 e. The standard InChI is InChI=1S/C10H14N2O2S/c1-7-12-8(6-15-7)5-11-10(13)9-3-2-4-14-9/h6,9H,2-5H2,1H3,(H,11,13). The Balaban J connectivity index is 1.80. The number of nitrogens with one attached hydrogen (secondary N) is 1. The maximum atomic E-state index is 11.6. The zero-order chi connectivity index (χ0) is 10.7. The van der Waals surface area contributed by atoms with Crippen molar-refractivity contribution in [2.75, 3.05) is 6.61 Å². The average Bonchev–Trinajstić information content (AvgIpc) is 2.84. The molecule has 1 aliphatic rings. The highest BCUT2D eigenvalue weighted by molar-refractivity contribution is 7.09. The molecule has 0 aliphatic carbocycles. The van der Waals surface area contributed by atoms with E-state index in [1.54, 1.807) is 11.3 Å². The molecule has 15 heavy (non-hydrogen) atoms. The normalized spacial score (nSPS) is 20.5. The van der Waals surface area contributed by atoms with Crippen LogP contribution < -0.4 is 5.32 Å². The number of aryl methyl sites for hydroxylation is 1. The van der Waals surface area contributed by atoms with Crippen LogP contribution in [0.4, 0.5) is 0 Å². The van der Waals surface area contributed by atoms with E-state index in [4.69, 9.17) is 4.74 Å². The minimum absolute atomic E-state index is 0.0156. The van der Waals surface area contributed by atoms with Gasteiger partial charge in [-0.25, -0.2) is 4.98 Å². The fraction of sp³-hybridized carbons (Fsp3) is 0.600. The number of carbonyl (C=O) groups excluding carboxylic acids is 1. The molecule has 1 fully saturated rings. The summed E-state index contributed by atoms with van der Waals surface area (Å²) in [6.45, 7) is 3.16. The Labute approximate surface area is 92.7 Å². The number of rotatable bonds is 3. The van der Waals surface area contributed by atoms with Crippen molar-refractivity contribution in [1.82, 2.24) is 10.3 Å². The molecule has 5 heteroatoms. The van der Waals surface area contributed by atoms with Gasteiger partial charge < -0.3 is 10.1 Å². The molecule has 0 spiro atoms.